The summed E-state index contributed by atoms with van der Waals surface area (Å²) in [7, 11) is 0. The molecule has 2 aliphatic heterocycles. The van der Waals surface area contributed by atoms with Gasteiger partial charge in [-0.05, 0) is 37.1 Å². The van der Waals surface area contributed by atoms with E-state index in [1.165, 1.54) is 0 Å². The summed E-state index contributed by atoms with van der Waals surface area (Å²) in [4.78, 5) is 42.1. The molecular weight excluding hydrogens is 477 g/mol. The van der Waals surface area contributed by atoms with Crippen molar-refractivity contribution in [2.75, 3.05) is 26.2 Å². The predicted octanol–water partition coefficient (Wildman–Crippen LogP) is 3.53. The maximum Gasteiger partial charge on any atom is 0.325 e. The molecule has 0 saturated carbocycles. The molecule has 9 heteroatoms. The number of halogens is 2. The van der Waals surface area contributed by atoms with Gasteiger partial charge in [0, 0.05) is 31.5 Å². The molecule has 7 nitrogen and oxygen atoms in total. The lowest BCUT2D eigenvalue weighted by atomic mass is 9.95. The van der Waals surface area contributed by atoms with Gasteiger partial charge in [-0.3, -0.25) is 19.7 Å². The Labute approximate surface area is 208 Å². The smallest absolute Gasteiger partial charge is 0.325 e. The maximum absolute atomic E-state index is 13.4. The molecule has 2 fully saturated rings. The minimum atomic E-state index is -0.711. The summed E-state index contributed by atoms with van der Waals surface area (Å²) in [6, 6.07) is 14.1. The number of nitrogens with one attached hydrogen (secondary N) is 1. The van der Waals surface area contributed by atoms with Crippen LogP contribution in [-0.2, 0) is 20.7 Å². The first-order valence-electron chi connectivity index (χ1n) is 11.4. The summed E-state index contributed by atoms with van der Waals surface area (Å²) >= 11 is 12.1. The lowest BCUT2D eigenvalue weighted by molar-refractivity contribution is -0.151. The van der Waals surface area contributed by atoms with E-state index in [2.05, 4.69) is 5.32 Å². The van der Waals surface area contributed by atoms with Gasteiger partial charge in [-0.25, -0.2) is 0 Å². The average molecular weight is 504 g/mol. The molecule has 34 heavy (non-hydrogen) atoms. The number of likely N-dealkylation sites (tertiary alicyclic amines) is 1. The molecule has 1 N–H and O–H groups in total. The second-order valence-electron chi connectivity index (χ2n) is 8.57. The van der Waals surface area contributed by atoms with E-state index in [1.807, 2.05) is 30.3 Å². The Hall–Kier alpha value is -2.61. The fourth-order valence-corrected chi connectivity index (χ4v) is 5.02. The Kier molecular flexibility index (Phi) is 7.45. The molecule has 2 aliphatic rings. The lowest BCUT2D eigenvalue weighted by Crippen LogP contribution is -2.60. The molecule has 0 aliphatic carbocycles. The number of esters is 1. The molecule has 1 unspecified atom stereocenters. The minimum Gasteiger partial charge on any atom is -0.465 e. The summed E-state index contributed by atoms with van der Waals surface area (Å²) < 4.78 is 5.13. The molecule has 4 rings (SSSR count). The molecule has 0 bridgehead atoms. The second kappa shape index (κ2) is 10.3. The van der Waals surface area contributed by atoms with Crippen molar-refractivity contribution in [2.45, 2.75) is 37.9 Å². The van der Waals surface area contributed by atoms with Gasteiger partial charge in [-0.1, -0.05) is 53.5 Å². The van der Waals surface area contributed by atoms with E-state index in [1.54, 1.807) is 34.9 Å². The Bertz CT molecular complexity index is 1070. The van der Waals surface area contributed by atoms with Gasteiger partial charge >= 0.3 is 5.97 Å². The van der Waals surface area contributed by atoms with Crippen LogP contribution in [0, 0.1) is 0 Å². The predicted molar refractivity (Wildman–Crippen MR) is 130 cm³/mol. The van der Waals surface area contributed by atoms with E-state index in [-0.39, 0.29) is 25.0 Å². The van der Waals surface area contributed by atoms with E-state index in [9.17, 15) is 14.4 Å². The fraction of sp³-hybridized carbons (Fsp3) is 0.400. The topological polar surface area (TPSA) is 79.0 Å². The third kappa shape index (κ3) is 5.06. The maximum atomic E-state index is 13.4. The number of hydrogen-bond acceptors (Lipinski definition) is 5. The Balaban J connectivity index is 1.51. The van der Waals surface area contributed by atoms with Crippen molar-refractivity contribution in [3.63, 3.8) is 0 Å². The quantitative estimate of drug-likeness (QED) is 0.610. The third-order valence-corrected chi connectivity index (χ3v) is 7.18. The number of benzene rings is 2. The van der Waals surface area contributed by atoms with Crippen LogP contribution in [0.5, 0.6) is 0 Å². The summed E-state index contributed by atoms with van der Waals surface area (Å²) in [5.74, 6) is -0.705. The van der Waals surface area contributed by atoms with Gasteiger partial charge in [0.05, 0.1) is 28.4 Å². The number of ether oxygens (including phenoxy) is 1. The third-order valence-electron chi connectivity index (χ3n) is 6.44. The molecule has 180 valence electrons. The van der Waals surface area contributed by atoms with Gasteiger partial charge in [0.15, 0.2) is 0 Å². The molecule has 2 saturated heterocycles. The van der Waals surface area contributed by atoms with Crippen LogP contribution in [0.4, 0.5) is 0 Å². The minimum absolute atomic E-state index is 0.119. The normalized spacial score (nSPS) is 19.5. The van der Waals surface area contributed by atoms with Crippen LogP contribution in [0.15, 0.2) is 48.5 Å². The molecule has 0 aromatic heterocycles. The lowest BCUT2D eigenvalue weighted by Gasteiger charge is -2.44. The van der Waals surface area contributed by atoms with Gasteiger partial charge < -0.3 is 14.5 Å². The monoisotopic (exact) mass is 503 g/mol. The van der Waals surface area contributed by atoms with Crippen molar-refractivity contribution in [3.8, 4) is 0 Å². The summed E-state index contributed by atoms with van der Waals surface area (Å²) in [6.07, 6.45) is 1.51. The Morgan fingerprint density at radius 1 is 1.09 bits per heavy atom. The zero-order valence-electron chi connectivity index (χ0n) is 18.9. The molecule has 2 aromatic rings. The number of piperidine rings is 1. The molecule has 0 radical (unpaired) electrons. The zero-order chi connectivity index (χ0) is 24.3. The molecule has 2 heterocycles. The molecule has 1 atom stereocenters. The molecule has 2 aromatic carbocycles. The summed E-state index contributed by atoms with van der Waals surface area (Å²) in [5.41, 5.74) is 0.789. The number of rotatable bonds is 6. The Morgan fingerprint density at radius 2 is 1.79 bits per heavy atom. The highest BCUT2D eigenvalue weighted by molar-refractivity contribution is 6.42. The van der Waals surface area contributed by atoms with E-state index in [0.717, 1.165) is 5.56 Å². The average Bonchev–Trinajstić information content (AvgIpc) is 3.07. The van der Waals surface area contributed by atoms with Gasteiger partial charge in [-0.15, -0.1) is 0 Å². The van der Waals surface area contributed by atoms with Gasteiger partial charge in [0.1, 0.15) is 6.54 Å². The number of amides is 2. The van der Waals surface area contributed by atoms with Crippen molar-refractivity contribution in [3.05, 3.63) is 69.7 Å². The van der Waals surface area contributed by atoms with Crippen molar-refractivity contribution in [2.24, 2.45) is 0 Å². The van der Waals surface area contributed by atoms with Crippen molar-refractivity contribution in [1.82, 2.24) is 15.1 Å². The number of carbonyl (C=O) groups is 3. The molecular formula is C25H27Cl2N3O4. The molecule has 2 amide bonds. The fourth-order valence-electron chi connectivity index (χ4n) is 4.72. The van der Waals surface area contributed by atoms with Crippen LogP contribution in [0.25, 0.3) is 0 Å². The zero-order valence-corrected chi connectivity index (χ0v) is 20.4. The van der Waals surface area contributed by atoms with Gasteiger partial charge in [-0.2, -0.15) is 0 Å². The van der Waals surface area contributed by atoms with Crippen molar-refractivity contribution in [1.29, 1.82) is 0 Å². The van der Waals surface area contributed by atoms with Crippen LogP contribution in [0.1, 0.15) is 35.7 Å². The van der Waals surface area contributed by atoms with Gasteiger partial charge in [0.25, 0.3) is 5.91 Å². The number of nitrogens with zero attached hydrogens (tertiary/aromatic N) is 2. The van der Waals surface area contributed by atoms with Crippen LogP contribution in [0.2, 0.25) is 10.0 Å². The van der Waals surface area contributed by atoms with Crippen LogP contribution < -0.4 is 5.32 Å². The van der Waals surface area contributed by atoms with E-state index in [4.69, 9.17) is 27.9 Å². The standard InChI is InChI=1S/C25H27Cl2N3O4/c1-2-34-22(31)16-30-24(33)21(14-17-6-4-3-5-7-17)28-25(30)10-12-29(13-11-25)23(32)18-8-9-19(26)20(27)15-18/h3-9,15,21,28H,2,10-14,16H2,1H3. The highest BCUT2D eigenvalue weighted by Gasteiger charge is 2.52. The van der Waals surface area contributed by atoms with Crippen molar-refractivity contribution < 1.29 is 19.1 Å². The largest absolute Gasteiger partial charge is 0.465 e. The first-order chi connectivity index (χ1) is 16.3. The van der Waals surface area contributed by atoms with Crippen molar-refractivity contribution >= 4 is 41.0 Å². The first kappa shape index (κ1) is 24.5. The van der Waals surface area contributed by atoms with Crippen LogP contribution >= 0.6 is 23.2 Å². The number of hydrogen-bond donors (Lipinski definition) is 1. The molecule has 1 spiro atoms. The summed E-state index contributed by atoms with van der Waals surface area (Å²) in [5, 5.41) is 4.23. The summed E-state index contributed by atoms with van der Waals surface area (Å²) in [6.45, 7) is 2.73. The van der Waals surface area contributed by atoms with E-state index >= 15 is 0 Å². The second-order valence-corrected chi connectivity index (χ2v) is 9.38. The first-order valence-corrected chi connectivity index (χ1v) is 12.1. The highest BCUT2D eigenvalue weighted by Crippen LogP contribution is 2.34. The van der Waals surface area contributed by atoms with Crippen LogP contribution in [0.3, 0.4) is 0 Å². The van der Waals surface area contributed by atoms with E-state index in [0.29, 0.717) is 48.0 Å². The highest BCUT2D eigenvalue weighted by atomic mass is 35.5. The SMILES string of the molecule is CCOC(=O)CN1C(=O)C(Cc2ccccc2)NC12CCN(C(=O)c1ccc(Cl)c(Cl)c1)CC2. The number of carbonyl (C=O) groups excluding carboxylic acids is 3. The Morgan fingerprint density at radius 3 is 2.44 bits per heavy atom. The van der Waals surface area contributed by atoms with E-state index < -0.39 is 17.7 Å². The van der Waals surface area contributed by atoms with Gasteiger partial charge in [0.2, 0.25) is 5.91 Å². The van der Waals surface area contributed by atoms with Crippen LogP contribution in [-0.4, -0.2) is 65.5 Å².